The van der Waals surface area contributed by atoms with Gasteiger partial charge in [0.15, 0.2) is 0 Å². The van der Waals surface area contributed by atoms with Crippen molar-refractivity contribution in [1.82, 2.24) is 14.2 Å². The van der Waals surface area contributed by atoms with Crippen molar-refractivity contribution < 1.29 is 0 Å². The smallest absolute Gasteiger partial charge is 0.282 e. The maximum Gasteiger partial charge on any atom is 0.282 e. The van der Waals surface area contributed by atoms with Gasteiger partial charge in [-0.05, 0) is 60.0 Å². The summed E-state index contributed by atoms with van der Waals surface area (Å²) in [4.78, 5) is 18.4. The zero-order valence-corrected chi connectivity index (χ0v) is 19.0. The topological polar surface area (TPSA) is 52.2 Å². The van der Waals surface area contributed by atoms with Crippen molar-refractivity contribution in [3.8, 4) is 5.69 Å². The maximum absolute atomic E-state index is 13.5. The van der Waals surface area contributed by atoms with Crippen LogP contribution in [0.5, 0.6) is 0 Å². The Morgan fingerprint density at radius 3 is 2.53 bits per heavy atom. The maximum atomic E-state index is 13.5. The second kappa shape index (κ2) is 8.75. The Balaban J connectivity index is 1.44. The molecular weight excluding hydrogens is 420 g/mol. The van der Waals surface area contributed by atoms with Crippen molar-refractivity contribution in [3.63, 3.8) is 0 Å². The van der Waals surface area contributed by atoms with Crippen LogP contribution in [0.2, 0.25) is 0 Å². The van der Waals surface area contributed by atoms with E-state index in [0.717, 1.165) is 35.6 Å². The van der Waals surface area contributed by atoms with Gasteiger partial charge >= 0.3 is 0 Å². The van der Waals surface area contributed by atoms with Crippen LogP contribution in [0.25, 0.3) is 27.4 Å². The van der Waals surface area contributed by atoms with Gasteiger partial charge in [0.2, 0.25) is 0 Å². The van der Waals surface area contributed by atoms with Gasteiger partial charge in [0.05, 0.1) is 22.8 Å². The number of benzene rings is 3. The summed E-state index contributed by atoms with van der Waals surface area (Å²) in [5, 5.41) is 7.71. The van der Waals surface area contributed by atoms with Gasteiger partial charge in [0.25, 0.3) is 5.56 Å². The number of hydrogen-bond donors (Lipinski definition) is 0. The van der Waals surface area contributed by atoms with Crippen LogP contribution in [-0.2, 0) is 0 Å². The zero-order valence-electron chi connectivity index (χ0n) is 19.0. The Kier molecular flexibility index (Phi) is 5.30. The highest BCUT2D eigenvalue weighted by molar-refractivity contribution is 5.85. The van der Waals surface area contributed by atoms with E-state index >= 15 is 0 Å². The summed E-state index contributed by atoms with van der Waals surface area (Å²) < 4.78 is 3.63. The molecule has 6 rings (SSSR count). The Bertz CT molecular complexity index is 1570. The SMILES string of the molecule is O=c1c2ccccc2nc(C2CCCCC2)n1N=Cc1cccn1-c1ccc2ccccc2c1. The van der Waals surface area contributed by atoms with Crippen LogP contribution in [0, 0.1) is 0 Å². The van der Waals surface area contributed by atoms with Crippen LogP contribution in [0.1, 0.15) is 49.5 Å². The standard InChI is InChI=1S/C29H26N4O/c34-29-26-14-6-7-15-27(26)31-28(22-10-2-1-3-11-22)33(29)30-20-25-13-8-18-32(25)24-17-16-21-9-4-5-12-23(21)19-24/h4-9,12-20,22H,1-3,10-11H2. The van der Waals surface area contributed by atoms with Crippen molar-refractivity contribution in [2.75, 3.05) is 0 Å². The minimum absolute atomic E-state index is 0.105. The first kappa shape index (κ1) is 20.6. The molecule has 1 fully saturated rings. The molecule has 1 aliphatic carbocycles. The molecule has 5 aromatic rings. The van der Waals surface area contributed by atoms with E-state index < -0.39 is 0 Å². The van der Waals surface area contributed by atoms with E-state index in [2.05, 4.69) is 47.0 Å². The summed E-state index contributed by atoms with van der Waals surface area (Å²) >= 11 is 0. The molecule has 0 saturated heterocycles. The molecule has 5 heteroatoms. The zero-order chi connectivity index (χ0) is 22.9. The minimum Gasteiger partial charge on any atom is -0.316 e. The highest BCUT2D eigenvalue weighted by atomic mass is 16.1. The Labute approximate surface area is 198 Å². The molecule has 0 N–H and O–H groups in total. The largest absolute Gasteiger partial charge is 0.316 e. The van der Waals surface area contributed by atoms with E-state index in [0.29, 0.717) is 5.39 Å². The van der Waals surface area contributed by atoms with E-state index in [1.165, 1.54) is 34.7 Å². The van der Waals surface area contributed by atoms with Crippen LogP contribution in [0.4, 0.5) is 0 Å². The van der Waals surface area contributed by atoms with Crippen molar-refractivity contribution >= 4 is 27.9 Å². The number of hydrogen-bond acceptors (Lipinski definition) is 3. The molecule has 1 aliphatic rings. The molecule has 5 nitrogen and oxygen atoms in total. The average Bonchev–Trinajstić information content (AvgIpc) is 3.37. The summed E-state index contributed by atoms with van der Waals surface area (Å²) in [6.45, 7) is 0. The summed E-state index contributed by atoms with van der Waals surface area (Å²) in [5.74, 6) is 1.04. The molecule has 0 amide bonds. The number of para-hydroxylation sites is 1. The van der Waals surface area contributed by atoms with Crippen molar-refractivity contribution in [1.29, 1.82) is 0 Å². The van der Waals surface area contributed by atoms with Gasteiger partial charge in [-0.3, -0.25) is 4.79 Å². The van der Waals surface area contributed by atoms with Gasteiger partial charge in [0.1, 0.15) is 5.82 Å². The molecule has 168 valence electrons. The number of fused-ring (bicyclic) bond motifs is 2. The summed E-state index contributed by atoms with van der Waals surface area (Å²) in [7, 11) is 0. The third-order valence-corrected chi connectivity index (χ3v) is 6.85. The lowest BCUT2D eigenvalue weighted by atomic mass is 9.88. The first-order valence-electron chi connectivity index (χ1n) is 12.0. The molecular formula is C29H26N4O. The molecule has 0 aliphatic heterocycles. The molecule has 0 unspecified atom stereocenters. The first-order chi connectivity index (χ1) is 16.8. The highest BCUT2D eigenvalue weighted by Crippen LogP contribution is 2.31. The second-order valence-electron chi connectivity index (χ2n) is 9.02. The lowest BCUT2D eigenvalue weighted by Crippen LogP contribution is -2.25. The first-order valence-corrected chi connectivity index (χ1v) is 12.0. The van der Waals surface area contributed by atoms with Crippen LogP contribution in [0.3, 0.4) is 0 Å². The summed E-state index contributed by atoms with van der Waals surface area (Å²) in [5.41, 5.74) is 2.61. The molecule has 0 atom stereocenters. The molecule has 1 saturated carbocycles. The van der Waals surface area contributed by atoms with E-state index in [1.54, 1.807) is 6.21 Å². The lowest BCUT2D eigenvalue weighted by molar-refractivity contribution is 0.416. The van der Waals surface area contributed by atoms with Crippen LogP contribution >= 0.6 is 0 Å². The average molecular weight is 447 g/mol. The molecule has 34 heavy (non-hydrogen) atoms. The second-order valence-corrected chi connectivity index (χ2v) is 9.02. The van der Waals surface area contributed by atoms with E-state index in [9.17, 15) is 4.79 Å². The minimum atomic E-state index is -0.105. The number of nitrogens with zero attached hydrogens (tertiary/aromatic N) is 4. The Morgan fingerprint density at radius 1 is 0.853 bits per heavy atom. The molecule has 0 spiro atoms. The summed E-state index contributed by atoms with van der Waals surface area (Å²) in [6.07, 6.45) is 9.48. The highest BCUT2D eigenvalue weighted by Gasteiger charge is 2.22. The van der Waals surface area contributed by atoms with Gasteiger partial charge in [-0.2, -0.15) is 9.78 Å². The molecule has 0 bridgehead atoms. The van der Waals surface area contributed by atoms with Crippen LogP contribution < -0.4 is 5.56 Å². The Hall–Kier alpha value is -3.99. The third-order valence-electron chi connectivity index (χ3n) is 6.85. The number of aromatic nitrogens is 3. The third kappa shape index (κ3) is 3.73. The monoisotopic (exact) mass is 446 g/mol. The fourth-order valence-corrected chi connectivity index (χ4v) is 5.06. The van der Waals surface area contributed by atoms with Crippen molar-refractivity contribution in [2.45, 2.75) is 38.0 Å². The van der Waals surface area contributed by atoms with Crippen LogP contribution in [-0.4, -0.2) is 20.4 Å². The van der Waals surface area contributed by atoms with Crippen LogP contribution in [0.15, 0.2) is 95.0 Å². The lowest BCUT2D eigenvalue weighted by Gasteiger charge is -2.22. The van der Waals surface area contributed by atoms with Gasteiger partial charge < -0.3 is 4.57 Å². The van der Waals surface area contributed by atoms with Crippen molar-refractivity contribution in [2.24, 2.45) is 5.10 Å². The Morgan fingerprint density at radius 2 is 1.65 bits per heavy atom. The fourth-order valence-electron chi connectivity index (χ4n) is 5.06. The van der Waals surface area contributed by atoms with Crippen molar-refractivity contribution in [3.05, 3.63) is 107 Å². The summed E-state index contributed by atoms with van der Waals surface area (Å²) in [6, 6.07) is 26.3. The van der Waals surface area contributed by atoms with Gasteiger partial charge in [-0.25, -0.2) is 4.98 Å². The predicted octanol–water partition coefficient (Wildman–Crippen LogP) is 6.27. The van der Waals surface area contributed by atoms with Gasteiger partial charge in [-0.15, -0.1) is 0 Å². The van der Waals surface area contributed by atoms with Gasteiger partial charge in [0, 0.05) is 17.8 Å². The fraction of sp³-hybridized carbons (Fsp3) is 0.207. The van der Waals surface area contributed by atoms with E-state index in [-0.39, 0.29) is 11.5 Å². The van der Waals surface area contributed by atoms with E-state index in [1.807, 2.05) is 42.6 Å². The molecule has 2 aromatic heterocycles. The quantitative estimate of drug-likeness (QED) is 0.306. The predicted molar refractivity (Wildman–Crippen MR) is 138 cm³/mol. The van der Waals surface area contributed by atoms with E-state index in [4.69, 9.17) is 10.1 Å². The number of rotatable bonds is 4. The molecule has 3 aromatic carbocycles. The van der Waals surface area contributed by atoms with Gasteiger partial charge in [-0.1, -0.05) is 61.7 Å². The normalized spacial score (nSPS) is 14.9. The molecule has 2 heterocycles. The molecule has 0 radical (unpaired) electrons.